The lowest BCUT2D eigenvalue weighted by Crippen LogP contribution is -1.87. The van der Waals surface area contributed by atoms with Crippen molar-refractivity contribution >= 4 is 21.7 Å². The third-order valence-electron chi connectivity index (χ3n) is 2.84. The third-order valence-corrected chi connectivity index (χ3v) is 2.84. The summed E-state index contributed by atoms with van der Waals surface area (Å²) in [5.41, 5.74) is 3.13. The van der Waals surface area contributed by atoms with Crippen molar-refractivity contribution in [3.63, 3.8) is 0 Å². The molecule has 0 bridgehead atoms. The Morgan fingerprint density at radius 2 is 1.62 bits per heavy atom. The number of hydrogen-bond acceptors (Lipinski definition) is 2. The molecule has 78 valence electrons. The molecule has 0 fully saturated rings. The zero-order valence-electron chi connectivity index (χ0n) is 9.36. The summed E-state index contributed by atoms with van der Waals surface area (Å²) in [6.45, 7) is 4.02. The van der Waals surface area contributed by atoms with Gasteiger partial charge in [0, 0.05) is 28.4 Å². The molecule has 3 rings (SSSR count). The van der Waals surface area contributed by atoms with E-state index in [0.29, 0.717) is 0 Å². The van der Waals surface area contributed by atoms with E-state index in [1.807, 2.05) is 26.1 Å². The summed E-state index contributed by atoms with van der Waals surface area (Å²) in [6, 6.07) is 10.5. The lowest BCUT2D eigenvalue weighted by Gasteiger charge is -2.04. The summed E-state index contributed by atoms with van der Waals surface area (Å²) in [7, 11) is 0. The second-order valence-corrected chi connectivity index (χ2v) is 4.14. The molecule has 2 aromatic heterocycles. The van der Waals surface area contributed by atoms with Crippen molar-refractivity contribution in [3.8, 4) is 0 Å². The Bertz CT molecular complexity index is 687. The van der Waals surface area contributed by atoms with E-state index in [2.05, 4.69) is 34.2 Å². The molecule has 16 heavy (non-hydrogen) atoms. The fraction of sp³-hybridized carbons (Fsp3) is 0.143. The van der Waals surface area contributed by atoms with E-state index in [0.717, 1.165) is 22.3 Å². The van der Waals surface area contributed by atoms with Crippen LogP contribution in [0.1, 0.15) is 11.4 Å². The Labute approximate surface area is 94.0 Å². The van der Waals surface area contributed by atoms with Gasteiger partial charge >= 0.3 is 0 Å². The van der Waals surface area contributed by atoms with E-state index in [1.165, 1.54) is 10.8 Å². The summed E-state index contributed by atoms with van der Waals surface area (Å²) in [4.78, 5) is 8.94. The summed E-state index contributed by atoms with van der Waals surface area (Å²) in [6.07, 6.45) is 1.92. The molecule has 0 amide bonds. The third kappa shape index (κ3) is 1.34. The number of fused-ring (bicyclic) bond motifs is 3. The van der Waals surface area contributed by atoms with Crippen LogP contribution in [-0.4, -0.2) is 9.97 Å². The van der Waals surface area contributed by atoms with Crippen LogP contribution in [0.2, 0.25) is 0 Å². The SMILES string of the molecule is Cc1cc2ccc3ccc(C)nc3c2cn1. The smallest absolute Gasteiger partial charge is 0.0798 e. The first kappa shape index (κ1) is 9.28. The number of pyridine rings is 2. The van der Waals surface area contributed by atoms with Crippen molar-refractivity contribution in [2.45, 2.75) is 13.8 Å². The molecule has 0 N–H and O–H groups in total. The zero-order valence-corrected chi connectivity index (χ0v) is 9.36. The normalized spacial score (nSPS) is 11.1. The van der Waals surface area contributed by atoms with Gasteiger partial charge in [0.1, 0.15) is 0 Å². The maximum Gasteiger partial charge on any atom is 0.0798 e. The quantitative estimate of drug-likeness (QED) is 0.529. The van der Waals surface area contributed by atoms with Crippen LogP contribution in [0.15, 0.2) is 36.5 Å². The van der Waals surface area contributed by atoms with E-state index in [1.54, 1.807) is 0 Å². The van der Waals surface area contributed by atoms with Crippen molar-refractivity contribution in [1.82, 2.24) is 9.97 Å². The van der Waals surface area contributed by atoms with E-state index in [9.17, 15) is 0 Å². The molecule has 2 heteroatoms. The molecule has 0 aliphatic heterocycles. The highest BCUT2D eigenvalue weighted by atomic mass is 14.7. The number of rotatable bonds is 0. The molecule has 1 aromatic carbocycles. The average Bonchev–Trinajstić information content (AvgIpc) is 2.28. The van der Waals surface area contributed by atoms with Crippen molar-refractivity contribution in [3.05, 3.63) is 47.9 Å². The van der Waals surface area contributed by atoms with Crippen LogP contribution in [0.4, 0.5) is 0 Å². The van der Waals surface area contributed by atoms with Gasteiger partial charge in [-0.2, -0.15) is 0 Å². The fourth-order valence-corrected chi connectivity index (χ4v) is 2.01. The highest BCUT2D eigenvalue weighted by Crippen LogP contribution is 2.23. The first-order valence-electron chi connectivity index (χ1n) is 5.37. The minimum atomic E-state index is 1.04. The Hall–Kier alpha value is -1.96. The molecule has 0 saturated carbocycles. The Morgan fingerprint density at radius 3 is 2.50 bits per heavy atom. The van der Waals surface area contributed by atoms with Crippen LogP contribution in [-0.2, 0) is 0 Å². The number of nitrogens with zero attached hydrogens (tertiary/aromatic N) is 2. The molecular weight excluding hydrogens is 196 g/mol. The number of benzene rings is 1. The van der Waals surface area contributed by atoms with Crippen LogP contribution < -0.4 is 0 Å². The van der Waals surface area contributed by atoms with Crippen LogP contribution in [0.5, 0.6) is 0 Å². The van der Waals surface area contributed by atoms with Gasteiger partial charge < -0.3 is 0 Å². The van der Waals surface area contributed by atoms with Gasteiger partial charge in [-0.3, -0.25) is 9.97 Å². The molecule has 3 aromatic rings. The monoisotopic (exact) mass is 208 g/mol. The summed E-state index contributed by atoms with van der Waals surface area (Å²) in [5.74, 6) is 0. The molecule has 2 heterocycles. The van der Waals surface area contributed by atoms with E-state index < -0.39 is 0 Å². The second kappa shape index (κ2) is 3.27. The maximum absolute atomic E-state index is 4.59. The van der Waals surface area contributed by atoms with Gasteiger partial charge in [0.15, 0.2) is 0 Å². The molecule has 0 aliphatic carbocycles. The van der Waals surface area contributed by atoms with Crippen molar-refractivity contribution < 1.29 is 0 Å². The summed E-state index contributed by atoms with van der Waals surface area (Å²) >= 11 is 0. The molecule has 0 aliphatic rings. The van der Waals surface area contributed by atoms with E-state index in [-0.39, 0.29) is 0 Å². The zero-order chi connectivity index (χ0) is 11.1. The fourth-order valence-electron chi connectivity index (χ4n) is 2.01. The molecule has 0 radical (unpaired) electrons. The number of aryl methyl sites for hydroxylation is 2. The lowest BCUT2D eigenvalue weighted by atomic mass is 10.1. The van der Waals surface area contributed by atoms with Gasteiger partial charge in [0.25, 0.3) is 0 Å². The molecule has 0 atom stereocenters. The van der Waals surface area contributed by atoms with E-state index >= 15 is 0 Å². The van der Waals surface area contributed by atoms with Gasteiger partial charge in [-0.25, -0.2) is 0 Å². The highest BCUT2D eigenvalue weighted by Gasteiger charge is 2.02. The Morgan fingerprint density at radius 1 is 0.875 bits per heavy atom. The topological polar surface area (TPSA) is 25.8 Å². The standard InChI is InChI=1S/C14H12N2/c1-9-3-4-11-5-6-12-7-10(2)15-8-13(12)14(11)16-9/h3-8H,1-2H3. The van der Waals surface area contributed by atoms with Crippen molar-refractivity contribution in [1.29, 1.82) is 0 Å². The van der Waals surface area contributed by atoms with Crippen molar-refractivity contribution in [2.24, 2.45) is 0 Å². The van der Waals surface area contributed by atoms with Gasteiger partial charge in [-0.1, -0.05) is 18.2 Å². The molecule has 0 unspecified atom stereocenters. The largest absolute Gasteiger partial charge is 0.261 e. The first-order chi connectivity index (χ1) is 7.74. The molecular formula is C14H12N2. The van der Waals surface area contributed by atoms with Gasteiger partial charge in [-0.15, -0.1) is 0 Å². The first-order valence-corrected chi connectivity index (χ1v) is 5.37. The Balaban J connectivity index is 2.52. The predicted octanol–water partition coefficient (Wildman–Crippen LogP) is 3.40. The minimum Gasteiger partial charge on any atom is -0.261 e. The molecule has 0 saturated heterocycles. The maximum atomic E-state index is 4.59. The van der Waals surface area contributed by atoms with Gasteiger partial charge in [0.05, 0.1) is 5.52 Å². The number of hydrogen-bond donors (Lipinski definition) is 0. The second-order valence-electron chi connectivity index (χ2n) is 4.14. The summed E-state index contributed by atoms with van der Waals surface area (Å²) in [5, 5.41) is 3.51. The Kier molecular flexibility index (Phi) is 1.90. The molecule has 2 nitrogen and oxygen atoms in total. The number of aromatic nitrogens is 2. The minimum absolute atomic E-state index is 1.04. The van der Waals surface area contributed by atoms with Crippen LogP contribution >= 0.6 is 0 Å². The van der Waals surface area contributed by atoms with Crippen LogP contribution in [0, 0.1) is 13.8 Å². The summed E-state index contributed by atoms with van der Waals surface area (Å²) < 4.78 is 0. The van der Waals surface area contributed by atoms with Gasteiger partial charge in [0.2, 0.25) is 0 Å². The van der Waals surface area contributed by atoms with E-state index in [4.69, 9.17) is 0 Å². The predicted molar refractivity (Wildman–Crippen MR) is 66.5 cm³/mol. The van der Waals surface area contributed by atoms with Crippen LogP contribution in [0.3, 0.4) is 0 Å². The highest BCUT2D eigenvalue weighted by molar-refractivity contribution is 6.04. The van der Waals surface area contributed by atoms with Crippen molar-refractivity contribution in [2.75, 3.05) is 0 Å². The van der Waals surface area contributed by atoms with Crippen LogP contribution in [0.25, 0.3) is 21.7 Å². The lowest BCUT2D eigenvalue weighted by molar-refractivity contribution is 1.22. The van der Waals surface area contributed by atoms with Gasteiger partial charge in [-0.05, 0) is 31.4 Å². The molecule has 0 spiro atoms. The average molecular weight is 208 g/mol.